The van der Waals surface area contributed by atoms with Crippen LogP contribution in [0.25, 0.3) is 0 Å². The van der Waals surface area contributed by atoms with Gasteiger partial charge in [-0.3, -0.25) is 9.59 Å². The highest BCUT2D eigenvalue weighted by atomic mass is 35.5. The predicted octanol–water partition coefficient (Wildman–Crippen LogP) is 2.74. The van der Waals surface area contributed by atoms with E-state index in [0.29, 0.717) is 31.1 Å². The Morgan fingerprint density at radius 1 is 1.39 bits per heavy atom. The first kappa shape index (κ1) is 17.7. The molecule has 1 heterocycles. The van der Waals surface area contributed by atoms with Gasteiger partial charge in [0.05, 0.1) is 6.42 Å². The van der Waals surface area contributed by atoms with Crippen molar-refractivity contribution in [2.75, 3.05) is 19.6 Å². The molecule has 1 aromatic carbocycles. The van der Waals surface area contributed by atoms with Crippen LogP contribution in [-0.2, 0) is 16.0 Å². The number of halogens is 2. The molecule has 2 amide bonds. The van der Waals surface area contributed by atoms with Gasteiger partial charge in [0.15, 0.2) is 0 Å². The van der Waals surface area contributed by atoms with Crippen molar-refractivity contribution in [1.82, 2.24) is 9.80 Å². The zero-order chi connectivity index (χ0) is 17.1. The van der Waals surface area contributed by atoms with E-state index in [0.717, 1.165) is 0 Å². The molecule has 0 bridgehead atoms. The second-order valence-corrected chi connectivity index (χ2v) is 6.76. The molecule has 6 heteroatoms. The number of piperazine rings is 1. The highest BCUT2D eigenvalue weighted by molar-refractivity contribution is 6.31. The molecular formula is C17H22ClFN2O2. The SMILES string of the molecule is CC(C)CN1CCN(C(=O)Cc2ccc(F)cc2Cl)[C@H](C)C1=O. The molecule has 0 N–H and O–H groups in total. The van der Waals surface area contributed by atoms with Gasteiger partial charge in [-0.1, -0.05) is 31.5 Å². The van der Waals surface area contributed by atoms with Crippen LogP contribution < -0.4 is 0 Å². The molecule has 0 aliphatic carbocycles. The fourth-order valence-electron chi connectivity index (χ4n) is 2.82. The van der Waals surface area contributed by atoms with Crippen LogP contribution in [0.4, 0.5) is 4.39 Å². The minimum absolute atomic E-state index is 0.0245. The Balaban J connectivity index is 2.04. The summed E-state index contributed by atoms with van der Waals surface area (Å²) in [6, 6.07) is 3.51. The fraction of sp³-hybridized carbons (Fsp3) is 0.529. The first-order valence-electron chi connectivity index (χ1n) is 7.81. The van der Waals surface area contributed by atoms with Gasteiger partial charge in [0.2, 0.25) is 11.8 Å². The third-order valence-electron chi connectivity index (χ3n) is 4.01. The lowest BCUT2D eigenvalue weighted by Gasteiger charge is -2.40. The second kappa shape index (κ2) is 7.30. The lowest BCUT2D eigenvalue weighted by molar-refractivity contribution is -0.150. The van der Waals surface area contributed by atoms with E-state index >= 15 is 0 Å². The molecule has 1 aliphatic heterocycles. The number of hydrogen-bond donors (Lipinski definition) is 0. The first-order valence-corrected chi connectivity index (χ1v) is 8.19. The Hall–Kier alpha value is -1.62. The lowest BCUT2D eigenvalue weighted by atomic mass is 10.1. The van der Waals surface area contributed by atoms with E-state index in [1.54, 1.807) is 11.8 Å². The standard InChI is InChI=1S/C17H22ClFN2O2/c1-11(2)10-20-6-7-21(12(3)17(20)23)16(22)8-13-4-5-14(19)9-15(13)18/h4-5,9,11-12H,6-8,10H2,1-3H3/t12-/m1/s1. The Morgan fingerprint density at radius 3 is 2.70 bits per heavy atom. The van der Waals surface area contributed by atoms with Crippen LogP contribution in [0.2, 0.25) is 5.02 Å². The number of nitrogens with zero attached hydrogens (tertiary/aromatic N) is 2. The number of amides is 2. The molecule has 1 atom stereocenters. The topological polar surface area (TPSA) is 40.6 Å². The van der Waals surface area contributed by atoms with Crippen molar-refractivity contribution >= 4 is 23.4 Å². The van der Waals surface area contributed by atoms with Crippen LogP contribution in [0.1, 0.15) is 26.3 Å². The highest BCUT2D eigenvalue weighted by Gasteiger charge is 2.34. The fourth-order valence-corrected chi connectivity index (χ4v) is 3.06. The summed E-state index contributed by atoms with van der Waals surface area (Å²) in [7, 11) is 0. The number of rotatable bonds is 4. The van der Waals surface area contributed by atoms with Crippen LogP contribution in [0.3, 0.4) is 0 Å². The Labute approximate surface area is 141 Å². The van der Waals surface area contributed by atoms with Crippen molar-refractivity contribution in [3.63, 3.8) is 0 Å². The Kier molecular flexibility index (Phi) is 5.63. The smallest absolute Gasteiger partial charge is 0.245 e. The molecule has 0 spiro atoms. The largest absolute Gasteiger partial charge is 0.339 e. The summed E-state index contributed by atoms with van der Waals surface area (Å²) in [5.41, 5.74) is 0.572. The van der Waals surface area contributed by atoms with Gasteiger partial charge in [-0.05, 0) is 30.5 Å². The summed E-state index contributed by atoms with van der Waals surface area (Å²) in [6.07, 6.45) is 0.0704. The maximum Gasteiger partial charge on any atom is 0.245 e. The molecule has 4 nitrogen and oxygen atoms in total. The van der Waals surface area contributed by atoms with Crippen molar-refractivity contribution in [3.05, 3.63) is 34.6 Å². The first-order chi connectivity index (χ1) is 10.8. The van der Waals surface area contributed by atoms with Crippen LogP contribution in [0.15, 0.2) is 18.2 Å². The van der Waals surface area contributed by atoms with Crippen molar-refractivity contribution in [3.8, 4) is 0 Å². The molecule has 2 rings (SSSR count). The highest BCUT2D eigenvalue weighted by Crippen LogP contribution is 2.20. The van der Waals surface area contributed by atoms with Gasteiger partial charge >= 0.3 is 0 Å². The summed E-state index contributed by atoms with van der Waals surface area (Å²) in [5, 5.41) is 0.232. The third-order valence-corrected chi connectivity index (χ3v) is 4.36. The number of benzene rings is 1. The summed E-state index contributed by atoms with van der Waals surface area (Å²) in [4.78, 5) is 28.3. The lowest BCUT2D eigenvalue weighted by Crippen LogP contribution is -2.58. The Bertz CT molecular complexity index is 606. The summed E-state index contributed by atoms with van der Waals surface area (Å²) >= 11 is 5.97. The molecule has 23 heavy (non-hydrogen) atoms. The van der Waals surface area contributed by atoms with Crippen LogP contribution >= 0.6 is 11.6 Å². The quantitative estimate of drug-likeness (QED) is 0.845. The number of hydrogen-bond acceptors (Lipinski definition) is 2. The van der Waals surface area contributed by atoms with Crippen molar-refractivity contribution in [1.29, 1.82) is 0 Å². The molecule has 0 saturated carbocycles. The molecule has 0 radical (unpaired) electrons. The zero-order valence-electron chi connectivity index (χ0n) is 13.7. The molecule has 1 aromatic rings. The molecule has 0 aromatic heterocycles. The van der Waals surface area contributed by atoms with E-state index in [4.69, 9.17) is 11.6 Å². The van der Waals surface area contributed by atoms with Crippen LogP contribution in [-0.4, -0.2) is 47.3 Å². The summed E-state index contributed by atoms with van der Waals surface area (Å²) in [5.74, 6) is -0.226. The minimum Gasteiger partial charge on any atom is -0.339 e. The monoisotopic (exact) mass is 340 g/mol. The summed E-state index contributed by atoms with van der Waals surface area (Å²) < 4.78 is 13.1. The van der Waals surface area contributed by atoms with Crippen LogP contribution in [0, 0.1) is 11.7 Å². The van der Waals surface area contributed by atoms with Crippen LogP contribution in [0.5, 0.6) is 0 Å². The van der Waals surface area contributed by atoms with Gasteiger partial charge in [-0.25, -0.2) is 4.39 Å². The van der Waals surface area contributed by atoms with E-state index in [2.05, 4.69) is 13.8 Å². The predicted molar refractivity (Wildman–Crippen MR) is 87.7 cm³/mol. The van der Waals surface area contributed by atoms with Gasteiger partial charge in [0, 0.05) is 24.7 Å². The Morgan fingerprint density at radius 2 is 2.09 bits per heavy atom. The van der Waals surface area contributed by atoms with E-state index in [9.17, 15) is 14.0 Å². The molecular weight excluding hydrogens is 319 g/mol. The van der Waals surface area contributed by atoms with E-state index in [1.807, 2.05) is 4.90 Å². The van der Waals surface area contributed by atoms with Gasteiger partial charge in [0.25, 0.3) is 0 Å². The molecule has 126 valence electrons. The third kappa shape index (κ3) is 4.22. The number of carbonyl (C=O) groups excluding carboxylic acids is 2. The molecule has 1 saturated heterocycles. The molecule has 1 aliphatic rings. The average molecular weight is 341 g/mol. The van der Waals surface area contributed by atoms with Crippen molar-refractivity contribution in [2.24, 2.45) is 5.92 Å². The van der Waals surface area contributed by atoms with E-state index in [-0.39, 0.29) is 23.3 Å². The molecule has 0 unspecified atom stereocenters. The van der Waals surface area contributed by atoms with Gasteiger partial charge in [-0.2, -0.15) is 0 Å². The number of carbonyl (C=O) groups is 2. The average Bonchev–Trinajstić information content (AvgIpc) is 2.46. The second-order valence-electron chi connectivity index (χ2n) is 6.35. The van der Waals surface area contributed by atoms with Gasteiger partial charge in [-0.15, -0.1) is 0 Å². The molecule has 1 fully saturated rings. The normalized spacial score (nSPS) is 18.7. The summed E-state index contributed by atoms with van der Waals surface area (Å²) in [6.45, 7) is 7.63. The van der Waals surface area contributed by atoms with Gasteiger partial charge < -0.3 is 9.80 Å². The minimum atomic E-state index is -0.478. The van der Waals surface area contributed by atoms with Crippen molar-refractivity contribution in [2.45, 2.75) is 33.2 Å². The zero-order valence-corrected chi connectivity index (χ0v) is 14.4. The van der Waals surface area contributed by atoms with E-state index in [1.165, 1.54) is 18.2 Å². The maximum absolute atomic E-state index is 13.1. The van der Waals surface area contributed by atoms with Gasteiger partial charge in [0.1, 0.15) is 11.9 Å². The van der Waals surface area contributed by atoms with Crippen molar-refractivity contribution < 1.29 is 14.0 Å². The maximum atomic E-state index is 13.1. The van der Waals surface area contributed by atoms with E-state index < -0.39 is 11.9 Å².